The quantitative estimate of drug-likeness (QED) is 0.224. The van der Waals surface area contributed by atoms with E-state index in [2.05, 4.69) is 65.6 Å². The van der Waals surface area contributed by atoms with Crippen molar-refractivity contribution in [3.63, 3.8) is 0 Å². The van der Waals surface area contributed by atoms with Gasteiger partial charge in [-0.3, -0.25) is 14.8 Å². The maximum absolute atomic E-state index is 13.1. The van der Waals surface area contributed by atoms with Gasteiger partial charge in [0.25, 0.3) is 0 Å². The Bertz CT molecular complexity index is 2150. The van der Waals surface area contributed by atoms with Crippen LogP contribution >= 0.6 is 0 Å². The molecule has 0 bridgehead atoms. The van der Waals surface area contributed by atoms with Crippen molar-refractivity contribution in [1.29, 1.82) is 0 Å². The molecule has 9 rings (SSSR count). The number of aromatic amines is 1. The van der Waals surface area contributed by atoms with Crippen molar-refractivity contribution >= 4 is 34.2 Å². The SMILES string of the molecule is CC(C)(C)OC(=O)N1[C@@H]2C[C@@H]2C[C@H]1C1=NC=C(c2ccc(-c3ccc4cc(-c5cnc([C@@H]6C[C@H]7C[C@H]7N6C(=O)OC(C)(C)C)[nH]5)ccc4c3)cc2)C1. The number of fused-ring (bicyclic) bond motifs is 3. The van der Waals surface area contributed by atoms with Gasteiger partial charge in [-0.2, -0.15) is 0 Å². The fraction of sp³-hybridized carbons (Fsp3) is 0.442. The molecule has 4 fully saturated rings. The Balaban J connectivity index is 0.864. The summed E-state index contributed by atoms with van der Waals surface area (Å²) in [6, 6.07) is 22.3. The summed E-state index contributed by atoms with van der Waals surface area (Å²) < 4.78 is 11.5. The van der Waals surface area contributed by atoms with Crippen LogP contribution in [-0.4, -0.2) is 67.0 Å². The first kappa shape index (κ1) is 33.0. The first-order valence-corrected chi connectivity index (χ1v) is 18.8. The van der Waals surface area contributed by atoms with Gasteiger partial charge in [-0.05, 0) is 124 Å². The van der Waals surface area contributed by atoms with E-state index in [1.807, 2.05) is 63.7 Å². The Hall–Kier alpha value is -4.92. The van der Waals surface area contributed by atoms with Crippen LogP contribution in [0.3, 0.4) is 0 Å². The summed E-state index contributed by atoms with van der Waals surface area (Å²) in [5, 5.41) is 2.31. The van der Waals surface area contributed by atoms with Crippen LogP contribution in [0.4, 0.5) is 9.59 Å². The fourth-order valence-electron chi connectivity index (χ4n) is 8.56. The highest BCUT2D eigenvalue weighted by Gasteiger charge is 2.57. The number of hydrogen-bond acceptors (Lipinski definition) is 6. The third kappa shape index (κ3) is 6.18. The van der Waals surface area contributed by atoms with E-state index in [-0.39, 0.29) is 30.3 Å². The zero-order valence-corrected chi connectivity index (χ0v) is 30.8. The second kappa shape index (κ2) is 11.8. The highest BCUT2D eigenvalue weighted by atomic mass is 16.6. The number of imidazole rings is 1. The van der Waals surface area contributed by atoms with E-state index in [1.165, 1.54) is 5.57 Å². The van der Waals surface area contributed by atoms with Crippen molar-refractivity contribution < 1.29 is 19.1 Å². The van der Waals surface area contributed by atoms with E-state index in [4.69, 9.17) is 19.5 Å². The lowest BCUT2D eigenvalue weighted by Gasteiger charge is -2.30. The van der Waals surface area contributed by atoms with Crippen LogP contribution < -0.4 is 0 Å². The minimum atomic E-state index is -0.532. The Kier molecular flexibility index (Phi) is 7.48. The van der Waals surface area contributed by atoms with E-state index in [1.54, 1.807) is 0 Å². The monoisotopic (exact) mass is 697 g/mol. The molecule has 4 aromatic rings. The normalized spacial score (nSPS) is 26.2. The predicted octanol–water partition coefficient (Wildman–Crippen LogP) is 9.55. The minimum absolute atomic E-state index is 0.0207. The van der Waals surface area contributed by atoms with Gasteiger partial charge in [0.15, 0.2) is 0 Å². The molecule has 268 valence electrons. The van der Waals surface area contributed by atoms with Gasteiger partial charge in [-0.25, -0.2) is 14.6 Å². The van der Waals surface area contributed by atoms with Gasteiger partial charge in [0.2, 0.25) is 0 Å². The molecule has 2 saturated carbocycles. The van der Waals surface area contributed by atoms with Gasteiger partial charge >= 0.3 is 12.2 Å². The number of aliphatic imine (C=N–C) groups is 1. The maximum Gasteiger partial charge on any atom is 0.411 e. The number of H-pyrrole nitrogens is 1. The van der Waals surface area contributed by atoms with E-state index >= 15 is 0 Å². The Morgan fingerprint density at radius 2 is 1.23 bits per heavy atom. The summed E-state index contributed by atoms with van der Waals surface area (Å²) in [6.07, 6.45) is 8.16. The third-order valence-corrected chi connectivity index (χ3v) is 11.2. The Morgan fingerprint density at radius 3 is 1.87 bits per heavy atom. The number of ether oxygens (including phenoxy) is 2. The highest BCUT2D eigenvalue weighted by molar-refractivity contribution is 6.03. The molecule has 2 aliphatic carbocycles. The van der Waals surface area contributed by atoms with Crippen LogP contribution in [0.15, 0.2) is 78.1 Å². The molecule has 1 aromatic heterocycles. The first-order valence-electron chi connectivity index (χ1n) is 18.8. The molecule has 6 atom stereocenters. The van der Waals surface area contributed by atoms with Crippen LogP contribution in [0.2, 0.25) is 0 Å². The summed E-state index contributed by atoms with van der Waals surface area (Å²) >= 11 is 0. The molecule has 4 heterocycles. The summed E-state index contributed by atoms with van der Waals surface area (Å²) in [7, 11) is 0. The lowest BCUT2D eigenvalue weighted by molar-refractivity contribution is 0.0173. The number of amides is 2. The smallest absolute Gasteiger partial charge is 0.411 e. The molecule has 0 spiro atoms. The zero-order valence-electron chi connectivity index (χ0n) is 30.8. The van der Waals surface area contributed by atoms with Gasteiger partial charge < -0.3 is 14.5 Å². The van der Waals surface area contributed by atoms with Gasteiger partial charge in [0.1, 0.15) is 17.0 Å². The molecule has 3 aromatic carbocycles. The number of likely N-dealkylation sites (tertiary alicyclic amines) is 2. The standard InChI is InChI=1S/C43H47N5O4/c1-42(2,3)51-40(49)47-35-18-30(35)20-37(47)33-17-32(22-44-33)25-9-7-24(8-10-25)26-11-12-28-16-29(14-13-27(28)15-26)34-23-45-39(46-34)38-21-31-19-36(31)48(38)41(50)52-43(4,5)6/h7-16,22-23,30-31,35-38H,17-21H2,1-6H3,(H,45,46)/t30-,31-,35-,36-,37+,38+/m1/s1. The van der Waals surface area contributed by atoms with Crippen molar-refractivity contribution in [3.8, 4) is 22.4 Å². The van der Waals surface area contributed by atoms with Crippen molar-refractivity contribution in [2.45, 2.75) is 109 Å². The number of benzene rings is 3. The van der Waals surface area contributed by atoms with E-state index in [0.29, 0.717) is 17.9 Å². The molecular weight excluding hydrogens is 651 g/mol. The molecule has 9 nitrogen and oxygen atoms in total. The average Bonchev–Trinajstić information content (AvgIpc) is 3.68. The predicted molar refractivity (Wildman–Crippen MR) is 203 cm³/mol. The number of carbonyl (C=O) groups excluding carboxylic acids is 2. The molecular formula is C43H47N5O4. The summed E-state index contributed by atoms with van der Waals surface area (Å²) in [5.41, 5.74) is 6.68. The molecule has 1 N–H and O–H groups in total. The number of piperidine rings is 2. The summed E-state index contributed by atoms with van der Waals surface area (Å²) in [4.78, 5) is 43.1. The summed E-state index contributed by atoms with van der Waals surface area (Å²) in [5.74, 6) is 1.92. The molecule has 2 saturated heterocycles. The van der Waals surface area contributed by atoms with Crippen LogP contribution in [-0.2, 0) is 9.47 Å². The molecule has 5 aliphatic rings. The summed E-state index contributed by atoms with van der Waals surface area (Å²) in [6.45, 7) is 11.5. The number of nitrogens with zero attached hydrogens (tertiary/aromatic N) is 4. The molecule has 0 unspecified atom stereocenters. The van der Waals surface area contributed by atoms with Crippen molar-refractivity contribution in [1.82, 2.24) is 19.8 Å². The van der Waals surface area contributed by atoms with Gasteiger partial charge in [0.05, 0.1) is 24.0 Å². The molecule has 2 amide bonds. The van der Waals surface area contributed by atoms with E-state index in [0.717, 1.165) is 82.4 Å². The van der Waals surface area contributed by atoms with Crippen LogP contribution in [0.5, 0.6) is 0 Å². The van der Waals surface area contributed by atoms with Crippen LogP contribution in [0.1, 0.15) is 91.1 Å². The Labute approximate surface area is 305 Å². The maximum atomic E-state index is 13.1. The first-order chi connectivity index (χ1) is 24.8. The molecule has 52 heavy (non-hydrogen) atoms. The molecule has 0 radical (unpaired) electrons. The van der Waals surface area contributed by atoms with Crippen molar-refractivity contribution in [3.05, 3.63) is 84.4 Å². The number of rotatable bonds is 5. The van der Waals surface area contributed by atoms with Gasteiger partial charge in [-0.1, -0.05) is 48.5 Å². The number of carbonyl (C=O) groups is 2. The fourth-order valence-corrected chi connectivity index (χ4v) is 8.56. The second-order valence-corrected chi connectivity index (χ2v) is 17.4. The van der Waals surface area contributed by atoms with E-state index in [9.17, 15) is 9.59 Å². The van der Waals surface area contributed by atoms with Gasteiger partial charge in [0, 0.05) is 36.0 Å². The highest BCUT2D eigenvalue weighted by Crippen LogP contribution is 2.54. The second-order valence-electron chi connectivity index (χ2n) is 17.4. The van der Waals surface area contributed by atoms with Gasteiger partial charge in [-0.15, -0.1) is 0 Å². The zero-order chi connectivity index (χ0) is 36.1. The molecule has 9 heteroatoms. The number of aromatic nitrogens is 2. The Morgan fingerprint density at radius 1 is 0.692 bits per heavy atom. The largest absolute Gasteiger partial charge is 0.444 e. The van der Waals surface area contributed by atoms with Crippen molar-refractivity contribution in [2.24, 2.45) is 16.8 Å². The molecule has 3 aliphatic heterocycles. The third-order valence-electron chi connectivity index (χ3n) is 11.2. The van der Waals surface area contributed by atoms with Crippen molar-refractivity contribution in [2.75, 3.05) is 0 Å². The number of nitrogens with one attached hydrogen (secondary N) is 1. The number of allylic oxidation sites excluding steroid dienone is 1. The average molecular weight is 698 g/mol. The van der Waals surface area contributed by atoms with Crippen LogP contribution in [0.25, 0.3) is 38.7 Å². The minimum Gasteiger partial charge on any atom is -0.444 e. The lowest BCUT2D eigenvalue weighted by atomic mass is 9.95. The van der Waals surface area contributed by atoms with Crippen LogP contribution in [0, 0.1) is 11.8 Å². The lowest BCUT2D eigenvalue weighted by Crippen LogP contribution is -2.45. The number of hydrogen-bond donors (Lipinski definition) is 1. The van der Waals surface area contributed by atoms with E-state index < -0.39 is 11.2 Å². The topological polar surface area (TPSA) is 100 Å².